The number of nitrogens with zero attached hydrogens (tertiary/aromatic N) is 1. The first-order chi connectivity index (χ1) is 11.9. The fourth-order valence-corrected chi connectivity index (χ4v) is 2.81. The van der Waals surface area contributed by atoms with Gasteiger partial charge in [-0.1, -0.05) is 49.4 Å². The summed E-state index contributed by atoms with van der Waals surface area (Å²) in [6.45, 7) is 5.89. The first-order valence-electron chi connectivity index (χ1n) is 8.61. The van der Waals surface area contributed by atoms with Crippen LogP contribution in [0.5, 0.6) is 0 Å². The van der Waals surface area contributed by atoms with Crippen LogP contribution in [-0.2, 0) is 16.0 Å². The van der Waals surface area contributed by atoms with Crippen molar-refractivity contribution in [3.05, 3.63) is 65.2 Å². The van der Waals surface area contributed by atoms with E-state index < -0.39 is 11.8 Å². The molecule has 1 atom stereocenters. The van der Waals surface area contributed by atoms with E-state index in [4.69, 9.17) is 0 Å². The summed E-state index contributed by atoms with van der Waals surface area (Å²) in [6.07, 6.45) is 1.52. The lowest BCUT2D eigenvalue weighted by Crippen LogP contribution is -2.44. The van der Waals surface area contributed by atoms with Crippen LogP contribution in [0.15, 0.2) is 48.5 Å². The lowest BCUT2D eigenvalue weighted by Gasteiger charge is -2.27. The fraction of sp³-hybridized carbons (Fsp3) is 0.333. The summed E-state index contributed by atoms with van der Waals surface area (Å²) >= 11 is 0. The molecule has 0 aliphatic heterocycles. The molecule has 4 heteroatoms. The molecule has 2 amide bonds. The number of nitrogens with one attached hydrogen (secondary N) is 1. The highest BCUT2D eigenvalue weighted by atomic mass is 16.2. The minimum atomic E-state index is -0.595. The maximum Gasteiger partial charge on any atom is 0.313 e. The van der Waals surface area contributed by atoms with Crippen LogP contribution < -0.4 is 5.32 Å². The lowest BCUT2D eigenvalue weighted by atomic mass is 10.0. The Morgan fingerprint density at radius 2 is 1.76 bits per heavy atom. The molecule has 0 aromatic heterocycles. The minimum Gasteiger partial charge on any atom is -0.334 e. The number of carbonyl (C=O) groups excluding carboxylic acids is 2. The molecule has 132 valence electrons. The van der Waals surface area contributed by atoms with Gasteiger partial charge in [0, 0.05) is 18.8 Å². The van der Waals surface area contributed by atoms with Crippen molar-refractivity contribution in [1.29, 1.82) is 0 Å². The van der Waals surface area contributed by atoms with Crippen LogP contribution in [0, 0.1) is 13.8 Å². The molecule has 0 bridgehead atoms. The summed E-state index contributed by atoms with van der Waals surface area (Å²) in [6, 6.07) is 15.8. The zero-order valence-corrected chi connectivity index (χ0v) is 15.4. The molecule has 25 heavy (non-hydrogen) atoms. The van der Waals surface area contributed by atoms with Gasteiger partial charge in [0.2, 0.25) is 0 Å². The second-order valence-electron chi connectivity index (χ2n) is 6.44. The van der Waals surface area contributed by atoms with Crippen molar-refractivity contribution in [2.45, 2.75) is 39.7 Å². The molecule has 0 aliphatic carbocycles. The fourth-order valence-electron chi connectivity index (χ4n) is 2.81. The van der Waals surface area contributed by atoms with Crippen molar-refractivity contribution in [2.75, 3.05) is 12.4 Å². The van der Waals surface area contributed by atoms with E-state index >= 15 is 0 Å². The van der Waals surface area contributed by atoms with E-state index in [1.165, 1.54) is 0 Å². The van der Waals surface area contributed by atoms with E-state index in [-0.39, 0.29) is 6.04 Å². The Kier molecular flexibility index (Phi) is 6.34. The van der Waals surface area contributed by atoms with Crippen LogP contribution in [0.1, 0.15) is 30.0 Å². The Bertz CT molecular complexity index is 741. The van der Waals surface area contributed by atoms with Crippen LogP contribution in [0.25, 0.3) is 0 Å². The summed E-state index contributed by atoms with van der Waals surface area (Å²) in [4.78, 5) is 26.5. The SMILES string of the molecule is CC[C@@H](Cc1ccccc1)N(C)C(=O)C(=O)Nc1cc(C)ccc1C. The van der Waals surface area contributed by atoms with Gasteiger partial charge >= 0.3 is 11.8 Å². The number of aryl methyl sites for hydroxylation is 2. The Balaban J connectivity index is 2.06. The van der Waals surface area contributed by atoms with Gasteiger partial charge in [-0.25, -0.2) is 0 Å². The second-order valence-corrected chi connectivity index (χ2v) is 6.44. The van der Waals surface area contributed by atoms with Crippen LogP contribution in [-0.4, -0.2) is 29.8 Å². The van der Waals surface area contributed by atoms with Crippen molar-refractivity contribution < 1.29 is 9.59 Å². The number of hydrogen-bond acceptors (Lipinski definition) is 2. The maximum absolute atomic E-state index is 12.5. The highest BCUT2D eigenvalue weighted by Crippen LogP contribution is 2.17. The molecule has 1 N–H and O–H groups in total. The van der Waals surface area contributed by atoms with Crippen molar-refractivity contribution in [3.63, 3.8) is 0 Å². The number of anilines is 1. The first kappa shape index (κ1) is 18.7. The summed E-state index contributed by atoms with van der Waals surface area (Å²) in [7, 11) is 1.70. The van der Waals surface area contributed by atoms with Gasteiger partial charge in [0.25, 0.3) is 0 Å². The number of likely N-dealkylation sites (N-methyl/N-ethyl adjacent to an activating group) is 1. The third-order valence-corrected chi connectivity index (χ3v) is 4.49. The van der Waals surface area contributed by atoms with Gasteiger partial charge in [-0.2, -0.15) is 0 Å². The van der Waals surface area contributed by atoms with E-state index in [0.29, 0.717) is 5.69 Å². The zero-order chi connectivity index (χ0) is 18.4. The van der Waals surface area contributed by atoms with Crippen LogP contribution in [0.2, 0.25) is 0 Å². The molecule has 0 unspecified atom stereocenters. The quantitative estimate of drug-likeness (QED) is 0.845. The molecule has 2 aromatic rings. The predicted octanol–water partition coefficient (Wildman–Crippen LogP) is 3.72. The molecular formula is C21H26N2O2. The largest absolute Gasteiger partial charge is 0.334 e. The van der Waals surface area contributed by atoms with E-state index in [1.54, 1.807) is 11.9 Å². The van der Waals surface area contributed by atoms with Gasteiger partial charge < -0.3 is 10.2 Å². The zero-order valence-electron chi connectivity index (χ0n) is 15.4. The molecule has 0 spiro atoms. The number of carbonyl (C=O) groups is 2. The smallest absolute Gasteiger partial charge is 0.313 e. The summed E-state index contributed by atoms with van der Waals surface area (Å²) in [5, 5.41) is 2.74. The summed E-state index contributed by atoms with van der Waals surface area (Å²) < 4.78 is 0. The average Bonchev–Trinajstić information content (AvgIpc) is 2.62. The second kappa shape index (κ2) is 8.47. The molecular weight excluding hydrogens is 312 g/mol. The van der Waals surface area contributed by atoms with E-state index in [0.717, 1.165) is 29.5 Å². The molecule has 2 aromatic carbocycles. The Hall–Kier alpha value is -2.62. The van der Waals surface area contributed by atoms with Gasteiger partial charge in [0.1, 0.15) is 0 Å². The Morgan fingerprint density at radius 3 is 2.40 bits per heavy atom. The van der Waals surface area contributed by atoms with Crippen LogP contribution >= 0.6 is 0 Å². The monoisotopic (exact) mass is 338 g/mol. The van der Waals surface area contributed by atoms with E-state index in [1.807, 2.05) is 69.3 Å². The molecule has 2 rings (SSSR count). The molecule has 0 saturated carbocycles. The Morgan fingerprint density at radius 1 is 1.08 bits per heavy atom. The van der Waals surface area contributed by atoms with E-state index in [2.05, 4.69) is 5.32 Å². The topological polar surface area (TPSA) is 49.4 Å². The number of benzene rings is 2. The van der Waals surface area contributed by atoms with Crippen molar-refractivity contribution >= 4 is 17.5 Å². The van der Waals surface area contributed by atoms with Gasteiger partial charge in [-0.05, 0) is 49.4 Å². The minimum absolute atomic E-state index is 0.0146. The van der Waals surface area contributed by atoms with Crippen LogP contribution in [0.3, 0.4) is 0 Å². The molecule has 0 radical (unpaired) electrons. The summed E-state index contributed by atoms with van der Waals surface area (Å²) in [5.74, 6) is -1.11. The molecule has 0 saturated heterocycles. The average molecular weight is 338 g/mol. The number of hydrogen-bond donors (Lipinski definition) is 1. The number of rotatable bonds is 5. The van der Waals surface area contributed by atoms with Crippen molar-refractivity contribution in [2.24, 2.45) is 0 Å². The highest BCUT2D eigenvalue weighted by Gasteiger charge is 2.25. The Labute approximate surface area is 149 Å². The number of amides is 2. The van der Waals surface area contributed by atoms with Gasteiger partial charge in [-0.3, -0.25) is 9.59 Å². The molecule has 0 fully saturated rings. The third kappa shape index (κ3) is 4.92. The molecule has 0 heterocycles. The first-order valence-corrected chi connectivity index (χ1v) is 8.61. The predicted molar refractivity (Wildman–Crippen MR) is 102 cm³/mol. The van der Waals surface area contributed by atoms with Gasteiger partial charge in [0.05, 0.1) is 0 Å². The molecule has 0 aliphatic rings. The van der Waals surface area contributed by atoms with Crippen molar-refractivity contribution in [3.8, 4) is 0 Å². The van der Waals surface area contributed by atoms with E-state index in [9.17, 15) is 9.59 Å². The van der Waals surface area contributed by atoms with Gasteiger partial charge in [-0.15, -0.1) is 0 Å². The van der Waals surface area contributed by atoms with Crippen molar-refractivity contribution in [1.82, 2.24) is 4.90 Å². The normalized spacial score (nSPS) is 11.7. The maximum atomic E-state index is 12.5. The molecule has 4 nitrogen and oxygen atoms in total. The van der Waals surface area contributed by atoms with Crippen LogP contribution in [0.4, 0.5) is 5.69 Å². The standard InChI is InChI=1S/C21H26N2O2/c1-5-18(14-17-9-7-6-8-10-17)23(4)21(25)20(24)22-19-13-15(2)11-12-16(19)3/h6-13,18H,5,14H2,1-4H3,(H,22,24)/t18-/m0/s1. The third-order valence-electron chi connectivity index (χ3n) is 4.49. The highest BCUT2D eigenvalue weighted by molar-refractivity contribution is 6.39. The summed E-state index contributed by atoms with van der Waals surface area (Å²) in [5.41, 5.74) is 3.81. The van der Waals surface area contributed by atoms with Gasteiger partial charge in [0.15, 0.2) is 0 Å². The lowest BCUT2D eigenvalue weighted by molar-refractivity contribution is -0.143.